The summed E-state index contributed by atoms with van der Waals surface area (Å²) < 4.78 is 0. The van der Waals surface area contributed by atoms with Gasteiger partial charge in [0.1, 0.15) is 6.29 Å². The summed E-state index contributed by atoms with van der Waals surface area (Å²) in [5, 5.41) is 0. The molecule has 0 saturated heterocycles. The van der Waals surface area contributed by atoms with Crippen LogP contribution in [-0.2, 0) is 4.79 Å². The molecule has 2 aromatic rings. The zero-order valence-electron chi connectivity index (χ0n) is 10.2. The fraction of sp³-hybridized carbons (Fsp3) is 0.188. The second-order valence-corrected chi connectivity index (χ2v) is 4.44. The predicted octanol–water partition coefficient (Wildman–Crippen LogP) is 3.63. The van der Waals surface area contributed by atoms with E-state index in [0.717, 1.165) is 17.4 Å². The van der Waals surface area contributed by atoms with Crippen LogP contribution >= 0.6 is 0 Å². The smallest absolute Gasteiger partial charge is 0.131 e. The van der Waals surface area contributed by atoms with Crippen LogP contribution in [0, 0.1) is 13.8 Å². The van der Waals surface area contributed by atoms with Gasteiger partial charge in [0.15, 0.2) is 0 Å². The minimum Gasteiger partial charge on any atom is -0.302 e. The van der Waals surface area contributed by atoms with Crippen molar-refractivity contribution < 1.29 is 4.79 Å². The second kappa shape index (κ2) is 4.96. The maximum absolute atomic E-state index is 11.3. The molecule has 0 radical (unpaired) electrons. The first kappa shape index (κ1) is 11.6. The van der Waals surface area contributed by atoms with Gasteiger partial charge in [0, 0.05) is 0 Å². The van der Waals surface area contributed by atoms with Gasteiger partial charge in [0.2, 0.25) is 0 Å². The quantitative estimate of drug-likeness (QED) is 0.727. The SMILES string of the molecule is Cc1ccc(C(C=O)c2ccc(C)cc2)cc1. The van der Waals surface area contributed by atoms with E-state index in [1.165, 1.54) is 11.1 Å². The minimum absolute atomic E-state index is 0.156. The van der Waals surface area contributed by atoms with Gasteiger partial charge in [-0.3, -0.25) is 0 Å². The van der Waals surface area contributed by atoms with Gasteiger partial charge < -0.3 is 4.79 Å². The molecule has 86 valence electrons. The fourth-order valence-corrected chi connectivity index (χ4v) is 1.90. The number of rotatable bonds is 3. The summed E-state index contributed by atoms with van der Waals surface area (Å²) >= 11 is 0. The van der Waals surface area contributed by atoms with Crippen molar-refractivity contribution >= 4 is 6.29 Å². The summed E-state index contributed by atoms with van der Waals surface area (Å²) in [6, 6.07) is 16.3. The van der Waals surface area contributed by atoms with Crippen molar-refractivity contribution in [2.24, 2.45) is 0 Å². The van der Waals surface area contributed by atoms with Crippen LogP contribution in [-0.4, -0.2) is 6.29 Å². The second-order valence-electron chi connectivity index (χ2n) is 4.44. The molecule has 1 nitrogen and oxygen atoms in total. The van der Waals surface area contributed by atoms with Crippen LogP contribution in [0.15, 0.2) is 48.5 Å². The van der Waals surface area contributed by atoms with E-state index < -0.39 is 0 Å². The maximum atomic E-state index is 11.3. The molecule has 2 aromatic carbocycles. The molecule has 17 heavy (non-hydrogen) atoms. The van der Waals surface area contributed by atoms with E-state index in [-0.39, 0.29) is 5.92 Å². The summed E-state index contributed by atoms with van der Waals surface area (Å²) in [5.74, 6) is -0.156. The zero-order valence-corrected chi connectivity index (χ0v) is 10.2. The Bertz CT molecular complexity index is 449. The van der Waals surface area contributed by atoms with Crippen LogP contribution in [0.5, 0.6) is 0 Å². The average molecular weight is 224 g/mol. The number of benzene rings is 2. The number of hydrogen-bond acceptors (Lipinski definition) is 1. The molecule has 2 rings (SSSR count). The van der Waals surface area contributed by atoms with Crippen molar-refractivity contribution in [1.82, 2.24) is 0 Å². The largest absolute Gasteiger partial charge is 0.302 e. The van der Waals surface area contributed by atoms with Crippen molar-refractivity contribution in [2.45, 2.75) is 19.8 Å². The Balaban J connectivity index is 2.36. The van der Waals surface area contributed by atoms with Crippen molar-refractivity contribution in [3.8, 4) is 0 Å². The third-order valence-corrected chi connectivity index (χ3v) is 3.01. The zero-order chi connectivity index (χ0) is 12.3. The summed E-state index contributed by atoms with van der Waals surface area (Å²) in [6.45, 7) is 4.09. The Morgan fingerprint density at radius 1 is 0.765 bits per heavy atom. The average Bonchev–Trinajstić information content (AvgIpc) is 2.35. The van der Waals surface area contributed by atoms with E-state index in [2.05, 4.69) is 0 Å². The van der Waals surface area contributed by atoms with Gasteiger partial charge in [-0.15, -0.1) is 0 Å². The van der Waals surface area contributed by atoms with Gasteiger partial charge >= 0.3 is 0 Å². The highest BCUT2D eigenvalue weighted by Crippen LogP contribution is 2.23. The Kier molecular flexibility index (Phi) is 3.38. The van der Waals surface area contributed by atoms with Crippen molar-refractivity contribution in [2.75, 3.05) is 0 Å². The molecule has 0 heterocycles. The Morgan fingerprint density at radius 3 is 1.41 bits per heavy atom. The monoisotopic (exact) mass is 224 g/mol. The fourth-order valence-electron chi connectivity index (χ4n) is 1.90. The first-order valence-electron chi connectivity index (χ1n) is 5.79. The van der Waals surface area contributed by atoms with Gasteiger partial charge in [-0.2, -0.15) is 0 Å². The van der Waals surface area contributed by atoms with Crippen molar-refractivity contribution in [3.63, 3.8) is 0 Å². The van der Waals surface area contributed by atoms with E-state index in [1.54, 1.807) is 0 Å². The molecule has 0 unspecified atom stereocenters. The summed E-state index contributed by atoms with van der Waals surface area (Å²) in [5.41, 5.74) is 4.52. The molecule has 0 aliphatic rings. The molecule has 0 N–H and O–H groups in total. The van der Waals surface area contributed by atoms with E-state index in [0.29, 0.717) is 0 Å². The van der Waals surface area contributed by atoms with E-state index in [4.69, 9.17) is 0 Å². The normalized spacial score (nSPS) is 10.5. The Hall–Kier alpha value is -1.89. The van der Waals surface area contributed by atoms with Crippen LogP contribution < -0.4 is 0 Å². The Labute approximate surface area is 102 Å². The molecule has 1 heteroatoms. The highest BCUT2D eigenvalue weighted by atomic mass is 16.1. The van der Waals surface area contributed by atoms with Crippen molar-refractivity contribution in [3.05, 3.63) is 70.8 Å². The summed E-state index contributed by atoms with van der Waals surface area (Å²) in [4.78, 5) is 11.3. The van der Waals surface area contributed by atoms with E-state index >= 15 is 0 Å². The van der Waals surface area contributed by atoms with Gasteiger partial charge in [-0.05, 0) is 25.0 Å². The van der Waals surface area contributed by atoms with Crippen LogP contribution in [0.25, 0.3) is 0 Å². The molecule has 0 aliphatic heterocycles. The number of aryl methyl sites for hydroxylation is 2. The molecule has 0 atom stereocenters. The molecule has 0 fully saturated rings. The first-order chi connectivity index (χ1) is 8.20. The molecular formula is C16H16O. The number of aldehydes is 1. The Morgan fingerprint density at radius 2 is 1.12 bits per heavy atom. The van der Waals surface area contributed by atoms with Gasteiger partial charge in [-0.25, -0.2) is 0 Å². The van der Waals surface area contributed by atoms with Gasteiger partial charge in [0.05, 0.1) is 5.92 Å². The lowest BCUT2D eigenvalue weighted by Crippen LogP contribution is -2.02. The highest BCUT2D eigenvalue weighted by molar-refractivity contribution is 5.68. The first-order valence-corrected chi connectivity index (χ1v) is 5.79. The molecule has 0 saturated carbocycles. The lowest BCUT2D eigenvalue weighted by atomic mass is 9.92. The van der Waals surface area contributed by atoms with Crippen LogP contribution in [0.4, 0.5) is 0 Å². The topological polar surface area (TPSA) is 17.1 Å². The van der Waals surface area contributed by atoms with E-state index in [1.807, 2.05) is 62.4 Å². The predicted molar refractivity (Wildman–Crippen MR) is 70.3 cm³/mol. The van der Waals surface area contributed by atoms with Crippen LogP contribution in [0.3, 0.4) is 0 Å². The van der Waals surface area contributed by atoms with Gasteiger partial charge in [0.25, 0.3) is 0 Å². The molecule has 0 aliphatic carbocycles. The highest BCUT2D eigenvalue weighted by Gasteiger charge is 2.12. The third kappa shape index (κ3) is 2.62. The van der Waals surface area contributed by atoms with E-state index in [9.17, 15) is 4.79 Å². The number of carbonyl (C=O) groups is 1. The summed E-state index contributed by atoms with van der Waals surface area (Å²) in [6.07, 6.45) is 1.01. The molecule has 0 bridgehead atoms. The molecular weight excluding hydrogens is 208 g/mol. The lowest BCUT2D eigenvalue weighted by Gasteiger charge is -2.11. The molecule has 0 aromatic heterocycles. The minimum atomic E-state index is -0.156. The standard InChI is InChI=1S/C16H16O/c1-12-3-7-14(8-4-12)16(11-17)15-9-5-13(2)6-10-15/h3-11,16H,1-2H3. The summed E-state index contributed by atoms with van der Waals surface area (Å²) in [7, 11) is 0. The number of carbonyl (C=O) groups excluding carboxylic acids is 1. The number of hydrogen-bond donors (Lipinski definition) is 0. The maximum Gasteiger partial charge on any atom is 0.131 e. The molecule has 0 amide bonds. The molecule has 0 spiro atoms. The van der Waals surface area contributed by atoms with Gasteiger partial charge in [-0.1, -0.05) is 59.7 Å². The van der Waals surface area contributed by atoms with Crippen LogP contribution in [0.1, 0.15) is 28.2 Å². The lowest BCUT2D eigenvalue weighted by molar-refractivity contribution is -0.108. The third-order valence-electron chi connectivity index (χ3n) is 3.01. The van der Waals surface area contributed by atoms with Crippen LogP contribution in [0.2, 0.25) is 0 Å². The van der Waals surface area contributed by atoms with Crippen molar-refractivity contribution in [1.29, 1.82) is 0 Å².